The molecule has 2 heterocycles. The van der Waals surface area contributed by atoms with Gasteiger partial charge in [0.1, 0.15) is 6.33 Å². The summed E-state index contributed by atoms with van der Waals surface area (Å²) in [6.07, 6.45) is 1.84. The molecular formula is C17H14Cl2N6O3S. The lowest BCUT2D eigenvalue weighted by atomic mass is 10.2. The van der Waals surface area contributed by atoms with Gasteiger partial charge in [0, 0.05) is 16.4 Å². The van der Waals surface area contributed by atoms with E-state index >= 15 is 0 Å². The highest BCUT2D eigenvalue weighted by atomic mass is 35.5. The third-order valence-electron chi connectivity index (χ3n) is 3.72. The molecule has 0 saturated carbocycles. The quantitative estimate of drug-likeness (QED) is 0.346. The van der Waals surface area contributed by atoms with Gasteiger partial charge in [0.2, 0.25) is 11.6 Å². The summed E-state index contributed by atoms with van der Waals surface area (Å²) in [6.45, 7) is 0.449. The van der Waals surface area contributed by atoms with Crippen LogP contribution < -0.4 is 16.2 Å². The van der Waals surface area contributed by atoms with Gasteiger partial charge in [0.15, 0.2) is 0 Å². The third-order valence-corrected chi connectivity index (χ3v) is 5.20. The number of nitro groups is 1. The number of amides is 1. The minimum Gasteiger partial charge on any atom is -0.364 e. The highest BCUT2D eigenvalue weighted by Crippen LogP contribution is 2.28. The molecule has 0 atom stereocenters. The number of carbonyl (C=O) groups excluding carboxylic acids is 1. The van der Waals surface area contributed by atoms with E-state index in [1.165, 1.54) is 18.2 Å². The van der Waals surface area contributed by atoms with Gasteiger partial charge in [-0.25, -0.2) is 9.97 Å². The number of nitrogens with one attached hydrogen (secondary N) is 3. The third kappa shape index (κ3) is 5.31. The summed E-state index contributed by atoms with van der Waals surface area (Å²) in [4.78, 5) is 32.1. The Balaban J connectivity index is 1.71. The Morgan fingerprint density at radius 1 is 1.21 bits per heavy atom. The monoisotopic (exact) mass is 452 g/mol. The zero-order valence-corrected chi connectivity index (χ0v) is 17.0. The van der Waals surface area contributed by atoms with Crippen LogP contribution in [0.4, 0.5) is 17.3 Å². The van der Waals surface area contributed by atoms with Crippen LogP contribution in [0, 0.1) is 10.1 Å². The van der Waals surface area contributed by atoms with Crippen LogP contribution in [0.5, 0.6) is 0 Å². The first-order valence-electron chi connectivity index (χ1n) is 8.22. The average Bonchev–Trinajstić information content (AvgIpc) is 3.19. The molecule has 9 nitrogen and oxygen atoms in total. The molecule has 12 heteroatoms. The second-order valence-electron chi connectivity index (χ2n) is 5.64. The van der Waals surface area contributed by atoms with Crippen molar-refractivity contribution in [2.75, 3.05) is 17.3 Å². The summed E-state index contributed by atoms with van der Waals surface area (Å²) >= 11 is 13.4. The molecule has 150 valence electrons. The van der Waals surface area contributed by atoms with Crippen LogP contribution >= 0.6 is 34.5 Å². The van der Waals surface area contributed by atoms with Gasteiger partial charge in [-0.05, 0) is 36.1 Å². The Kier molecular flexibility index (Phi) is 6.81. The Morgan fingerprint density at radius 3 is 2.69 bits per heavy atom. The second kappa shape index (κ2) is 9.50. The Labute approximate surface area is 179 Å². The maximum Gasteiger partial charge on any atom is 0.354 e. The number of hydrogen-bond donors (Lipinski definition) is 3. The van der Waals surface area contributed by atoms with E-state index in [-0.39, 0.29) is 27.9 Å². The van der Waals surface area contributed by atoms with Crippen molar-refractivity contribution >= 4 is 57.8 Å². The van der Waals surface area contributed by atoms with Gasteiger partial charge in [-0.1, -0.05) is 29.3 Å². The van der Waals surface area contributed by atoms with Crippen molar-refractivity contribution in [1.82, 2.24) is 15.4 Å². The first-order valence-corrected chi connectivity index (χ1v) is 9.86. The van der Waals surface area contributed by atoms with Crippen molar-refractivity contribution in [2.24, 2.45) is 0 Å². The van der Waals surface area contributed by atoms with E-state index in [0.29, 0.717) is 18.0 Å². The minimum absolute atomic E-state index is 0.0443. The Morgan fingerprint density at radius 2 is 2.00 bits per heavy atom. The van der Waals surface area contributed by atoms with Gasteiger partial charge in [-0.2, -0.15) is 0 Å². The predicted molar refractivity (Wildman–Crippen MR) is 113 cm³/mol. The van der Waals surface area contributed by atoms with Crippen LogP contribution in [-0.4, -0.2) is 27.3 Å². The van der Waals surface area contributed by atoms with Crippen LogP contribution in [0.15, 0.2) is 42.0 Å². The normalized spacial score (nSPS) is 10.4. The number of thiophene rings is 1. The van der Waals surface area contributed by atoms with E-state index in [1.54, 1.807) is 11.3 Å². The van der Waals surface area contributed by atoms with Crippen molar-refractivity contribution in [1.29, 1.82) is 0 Å². The SMILES string of the molecule is O=C(NNc1ncnc(NCCc2cccs2)c1[N+](=O)[O-])c1ccc(Cl)cc1Cl. The molecule has 0 unspecified atom stereocenters. The standard InChI is InChI=1S/C17H14Cl2N6O3S/c18-10-3-4-12(13(19)8-10)17(26)24-23-16-14(25(27)28)15(21-9-22-16)20-6-5-11-2-1-7-29-11/h1-4,7-9H,5-6H2,(H,24,26)(H2,20,21,22,23). The molecule has 0 aliphatic rings. The lowest BCUT2D eigenvalue weighted by Gasteiger charge is -2.11. The first-order chi connectivity index (χ1) is 14.0. The number of anilines is 2. The van der Waals surface area contributed by atoms with E-state index in [4.69, 9.17) is 23.2 Å². The molecule has 1 amide bonds. The summed E-state index contributed by atoms with van der Waals surface area (Å²) in [7, 11) is 0. The van der Waals surface area contributed by atoms with E-state index in [2.05, 4.69) is 26.1 Å². The summed E-state index contributed by atoms with van der Waals surface area (Å²) in [5.74, 6) is -0.725. The molecule has 0 aliphatic heterocycles. The number of carbonyl (C=O) groups is 1. The van der Waals surface area contributed by atoms with Crippen LogP contribution in [0.2, 0.25) is 10.0 Å². The molecule has 3 N–H and O–H groups in total. The first kappa shape index (κ1) is 20.8. The second-order valence-corrected chi connectivity index (χ2v) is 7.51. The van der Waals surface area contributed by atoms with Crippen molar-refractivity contribution in [3.63, 3.8) is 0 Å². The molecule has 3 rings (SSSR count). The van der Waals surface area contributed by atoms with Gasteiger partial charge >= 0.3 is 5.69 Å². The van der Waals surface area contributed by atoms with Crippen LogP contribution in [0.1, 0.15) is 15.2 Å². The van der Waals surface area contributed by atoms with E-state index < -0.39 is 10.8 Å². The molecule has 0 fully saturated rings. The zero-order valence-electron chi connectivity index (χ0n) is 14.7. The molecule has 1 aromatic carbocycles. The van der Waals surface area contributed by atoms with Crippen LogP contribution in [0.25, 0.3) is 0 Å². The van der Waals surface area contributed by atoms with Crippen LogP contribution in [-0.2, 0) is 6.42 Å². The molecular weight excluding hydrogens is 439 g/mol. The van der Waals surface area contributed by atoms with E-state index in [9.17, 15) is 14.9 Å². The molecule has 0 bridgehead atoms. The van der Waals surface area contributed by atoms with Gasteiger partial charge in [0.25, 0.3) is 5.91 Å². The topological polar surface area (TPSA) is 122 Å². The largest absolute Gasteiger partial charge is 0.364 e. The number of hydrogen-bond acceptors (Lipinski definition) is 8. The zero-order chi connectivity index (χ0) is 20.8. The molecule has 0 spiro atoms. The van der Waals surface area contributed by atoms with Crippen molar-refractivity contribution in [3.05, 3.63) is 72.6 Å². The molecule has 29 heavy (non-hydrogen) atoms. The summed E-state index contributed by atoms with van der Waals surface area (Å²) in [6, 6.07) is 8.27. The van der Waals surface area contributed by atoms with Crippen molar-refractivity contribution < 1.29 is 9.72 Å². The highest BCUT2D eigenvalue weighted by Gasteiger charge is 2.23. The maximum absolute atomic E-state index is 12.3. The fourth-order valence-electron chi connectivity index (χ4n) is 2.39. The van der Waals surface area contributed by atoms with Crippen molar-refractivity contribution in [3.8, 4) is 0 Å². The Bertz CT molecular complexity index is 1030. The molecule has 3 aromatic rings. The fraction of sp³-hybridized carbons (Fsp3) is 0.118. The average molecular weight is 453 g/mol. The summed E-state index contributed by atoms with van der Waals surface area (Å²) < 4.78 is 0. The fourth-order valence-corrected chi connectivity index (χ4v) is 3.59. The Hall–Kier alpha value is -2.95. The molecule has 0 radical (unpaired) electrons. The molecule has 0 aliphatic carbocycles. The van der Waals surface area contributed by atoms with Gasteiger partial charge < -0.3 is 5.32 Å². The van der Waals surface area contributed by atoms with E-state index in [0.717, 1.165) is 11.2 Å². The summed E-state index contributed by atoms with van der Waals surface area (Å²) in [5.41, 5.74) is 4.56. The smallest absolute Gasteiger partial charge is 0.354 e. The van der Waals surface area contributed by atoms with Gasteiger partial charge in [-0.3, -0.25) is 25.8 Å². The highest BCUT2D eigenvalue weighted by molar-refractivity contribution is 7.09. The lowest BCUT2D eigenvalue weighted by Crippen LogP contribution is -2.30. The number of rotatable bonds is 8. The number of hydrazine groups is 1. The van der Waals surface area contributed by atoms with Gasteiger partial charge in [0.05, 0.1) is 15.5 Å². The number of halogens is 2. The number of aromatic nitrogens is 2. The number of benzene rings is 1. The molecule has 2 aromatic heterocycles. The summed E-state index contributed by atoms with van der Waals surface area (Å²) in [5, 5.41) is 17.0. The lowest BCUT2D eigenvalue weighted by molar-refractivity contribution is -0.383. The van der Waals surface area contributed by atoms with Crippen molar-refractivity contribution in [2.45, 2.75) is 6.42 Å². The van der Waals surface area contributed by atoms with E-state index in [1.807, 2.05) is 17.5 Å². The van der Waals surface area contributed by atoms with Crippen LogP contribution in [0.3, 0.4) is 0 Å². The van der Waals surface area contributed by atoms with Gasteiger partial charge in [-0.15, -0.1) is 11.3 Å². The maximum atomic E-state index is 12.3. The number of nitrogens with zero attached hydrogens (tertiary/aromatic N) is 3. The predicted octanol–water partition coefficient (Wildman–Crippen LogP) is 4.16. The molecule has 0 saturated heterocycles. The minimum atomic E-state index is -0.628.